The first-order valence-corrected chi connectivity index (χ1v) is 6.73. The van der Waals surface area contributed by atoms with E-state index in [-0.39, 0.29) is 0 Å². The van der Waals surface area contributed by atoms with E-state index in [0.717, 1.165) is 42.3 Å². The normalized spacial score (nSPS) is 10.5. The summed E-state index contributed by atoms with van der Waals surface area (Å²) >= 11 is 0. The van der Waals surface area contributed by atoms with E-state index in [4.69, 9.17) is 0 Å². The van der Waals surface area contributed by atoms with Gasteiger partial charge in [-0.25, -0.2) is 9.97 Å². The summed E-state index contributed by atoms with van der Waals surface area (Å²) in [4.78, 5) is 13.3. The van der Waals surface area contributed by atoms with Crippen LogP contribution in [0.25, 0.3) is 0 Å². The van der Waals surface area contributed by atoms with Crippen molar-refractivity contribution in [2.75, 3.05) is 11.9 Å². The molecule has 19 heavy (non-hydrogen) atoms. The van der Waals surface area contributed by atoms with Gasteiger partial charge >= 0.3 is 0 Å². The molecule has 0 radical (unpaired) electrons. The molecule has 0 saturated heterocycles. The lowest BCUT2D eigenvalue weighted by Gasteiger charge is -2.12. The molecule has 4 heteroatoms. The first-order valence-electron chi connectivity index (χ1n) is 6.73. The van der Waals surface area contributed by atoms with Gasteiger partial charge in [0.05, 0.1) is 5.69 Å². The Morgan fingerprint density at radius 1 is 1.11 bits per heavy atom. The predicted octanol–water partition coefficient (Wildman–Crippen LogP) is 2.77. The Morgan fingerprint density at radius 2 is 1.84 bits per heavy atom. The van der Waals surface area contributed by atoms with E-state index in [2.05, 4.69) is 41.0 Å². The van der Waals surface area contributed by atoms with Gasteiger partial charge in [0.2, 0.25) is 0 Å². The quantitative estimate of drug-likeness (QED) is 0.893. The number of nitrogens with one attached hydrogen (secondary N) is 1. The van der Waals surface area contributed by atoms with E-state index in [1.165, 1.54) is 5.56 Å². The van der Waals surface area contributed by atoms with E-state index >= 15 is 0 Å². The van der Waals surface area contributed by atoms with Crippen LogP contribution in [0.4, 0.5) is 5.82 Å². The number of rotatable bonds is 5. The van der Waals surface area contributed by atoms with Crippen molar-refractivity contribution < 1.29 is 0 Å². The van der Waals surface area contributed by atoms with Crippen molar-refractivity contribution in [2.24, 2.45) is 0 Å². The molecule has 2 aromatic rings. The summed E-state index contributed by atoms with van der Waals surface area (Å²) in [7, 11) is 0. The van der Waals surface area contributed by atoms with Crippen LogP contribution >= 0.6 is 0 Å². The Hall–Kier alpha value is -1.97. The van der Waals surface area contributed by atoms with Gasteiger partial charge in [-0.15, -0.1) is 0 Å². The summed E-state index contributed by atoms with van der Waals surface area (Å²) in [6.07, 6.45) is 5.31. The van der Waals surface area contributed by atoms with Gasteiger partial charge in [-0.1, -0.05) is 6.92 Å². The largest absolute Gasteiger partial charge is 0.370 e. The molecule has 0 unspecified atom stereocenters. The van der Waals surface area contributed by atoms with Crippen molar-refractivity contribution in [2.45, 2.75) is 33.6 Å². The fourth-order valence-corrected chi connectivity index (χ4v) is 1.98. The Balaban J connectivity index is 2.35. The van der Waals surface area contributed by atoms with Gasteiger partial charge in [0.1, 0.15) is 11.6 Å². The summed E-state index contributed by atoms with van der Waals surface area (Å²) in [5.41, 5.74) is 3.45. The van der Waals surface area contributed by atoms with Crippen LogP contribution in [0.3, 0.4) is 0 Å². The molecule has 0 saturated carbocycles. The molecule has 0 spiro atoms. The lowest BCUT2D eigenvalue weighted by Crippen LogP contribution is -2.09. The fraction of sp³-hybridized carbons (Fsp3) is 0.400. The minimum Gasteiger partial charge on any atom is -0.370 e. The highest BCUT2D eigenvalue weighted by Gasteiger charge is 2.10. The third-order valence-electron chi connectivity index (χ3n) is 3.07. The number of anilines is 1. The number of aromatic nitrogens is 3. The van der Waals surface area contributed by atoms with Crippen molar-refractivity contribution in [3.63, 3.8) is 0 Å². The lowest BCUT2D eigenvalue weighted by atomic mass is 10.1. The third kappa shape index (κ3) is 3.28. The molecule has 0 aromatic carbocycles. The van der Waals surface area contributed by atoms with Crippen LogP contribution in [0.5, 0.6) is 0 Å². The highest BCUT2D eigenvalue weighted by molar-refractivity contribution is 5.46. The van der Waals surface area contributed by atoms with Crippen LogP contribution in [0.15, 0.2) is 24.5 Å². The van der Waals surface area contributed by atoms with Crippen molar-refractivity contribution in [3.05, 3.63) is 47.2 Å². The monoisotopic (exact) mass is 256 g/mol. The first-order chi connectivity index (χ1) is 9.24. The zero-order chi connectivity index (χ0) is 13.7. The molecule has 0 atom stereocenters. The average Bonchev–Trinajstić information content (AvgIpc) is 2.44. The molecule has 0 aliphatic heterocycles. The van der Waals surface area contributed by atoms with Gasteiger partial charge in [-0.05, 0) is 31.5 Å². The van der Waals surface area contributed by atoms with E-state index < -0.39 is 0 Å². The van der Waals surface area contributed by atoms with Gasteiger partial charge in [-0.2, -0.15) is 0 Å². The minimum atomic E-state index is 0.822. The SMILES string of the molecule is CCNc1nc(CC)nc(Cc2ccncc2)c1C. The number of aryl methyl sites for hydroxylation is 1. The Bertz CT molecular complexity index is 537. The zero-order valence-corrected chi connectivity index (χ0v) is 11.8. The van der Waals surface area contributed by atoms with Crippen LogP contribution < -0.4 is 5.32 Å². The second-order valence-electron chi connectivity index (χ2n) is 4.48. The van der Waals surface area contributed by atoms with Crippen LogP contribution in [0.2, 0.25) is 0 Å². The summed E-state index contributed by atoms with van der Waals surface area (Å²) in [5, 5.41) is 3.31. The summed E-state index contributed by atoms with van der Waals surface area (Å²) < 4.78 is 0. The Labute approximate surface area is 114 Å². The number of hydrogen-bond acceptors (Lipinski definition) is 4. The molecular weight excluding hydrogens is 236 g/mol. The van der Waals surface area contributed by atoms with Crippen LogP contribution in [0, 0.1) is 6.92 Å². The second-order valence-corrected chi connectivity index (χ2v) is 4.48. The van der Waals surface area contributed by atoms with Crippen molar-refractivity contribution in [1.82, 2.24) is 15.0 Å². The molecule has 100 valence electrons. The van der Waals surface area contributed by atoms with Gasteiger partial charge in [0.15, 0.2) is 0 Å². The maximum absolute atomic E-state index is 4.66. The van der Waals surface area contributed by atoms with Crippen LogP contribution in [0.1, 0.15) is 36.5 Å². The average molecular weight is 256 g/mol. The van der Waals surface area contributed by atoms with Gasteiger partial charge in [0.25, 0.3) is 0 Å². The summed E-state index contributed by atoms with van der Waals surface area (Å²) in [6, 6.07) is 4.06. The van der Waals surface area contributed by atoms with Gasteiger partial charge in [0, 0.05) is 37.3 Å². The van der Waals surface area contributed by atoms with Gasteiger partial charge in [-0.3, -0.25) is 4.98 Å². The Morgan fingerprint density at radius 3 is 2.47 bits per heavy atom. The minimum absolute atomic E-state index is 0.822. The summed E-state index contributed by atoms with van der Waals surface area (Å²) in [6.45, 7) is 7.11. The van der Waals surface area contributed by atoms with Gasteiger partial charge < -0.3 is 5.32 Å². The topological polar surface area (TPSA) is 50.7 Å². The molecular formula is C15H20N4. The lowest BCUT2D eigenvalue weighted by molar-refractivity contribution is 0.880. The molecule has 0 bridgehead atoms. The molecule has 2 heterocycles. The molecule has 0 amide bonds. The van der Waals surface area contributed by atoms with Crippen LogP contribution in [-0.4, -0.2) is 21.5 Å². The van der Waals surface area contributed by atoms with Crippen LogP contribution in [-0.2, 0) is 12.8 Å². The molecule has 1 N–H and O–H groups in total. The molecule has 0 aliphatic rings. The smallest absolute Gasteiger partial charge is 0.132 e. The summed E-state index contributed by atoms with van der Waals surface area (Å²) in [5.74, 6) is 1.85. The zero-order valence-electron chi connectivity index (χ0n) is 11.8. The number of hydrogen-bond donors (Lipinski definition) is 1. The van der Waals surface area contributed by atoms with Crippen molar-refractivity contribution in [3.8, 4) is 0 Å². The van der Waals surface area contributed by atoms with E-state index in [1.807, 2.05) is 24.5 Å². The van der Waals surface area contributed by atoms with E-state index in [9.17, 15) is 0 Å². The molecule has 2 rings (SSSR count). The molecule has 4 nitrogen and oxygen atoms in total. The standard InChI is InChI=1S/C15H20N4/c1-4-14-18-13(10-12-6-8-16-9-7-12)11(3)15(19-14)17-5-2/h6-9H,4-5,10H2,1-3H3,(H,17,18,19). The highest BCUT2D eigenvalue weighted by atomic mass is 15.0. The Kier molecular flexibility index (Phi) is 4.44. The molecule has 0 fully saturated rings. The third-order valence-corrected chi connectivity index (χ3v) is 3.07. The molecule has 2 aromatic heterocycles. The maximum atomic E-state index is 4.66. The number of nitrogens with zero attached hydrogens (tertiary/aromatic N) is 3. The predicted molar refractivity (Wildman–Crippen MR) is 77.4 cm³/mol. The van der Waals surface area contributed by atoms with E-state index in [0.29, 0.717) is 0 Å². The second kappa shape index (κ2) is 6.27. The highest BCUT2D eigenvalue weighted by Crippen LogP contribution is 2.18. The van der Waals surface area contributed by atoms with E-state index in [1.54, 1.807) is 0 Å². The number of pyridine rings is 1. The van der Waals surface area contributed by atoms with Crippen molar-refractivity contribution >= 4 is 5.82 Å². The van der Waals surface area contributed by atoms with Crippen molar-refractivity contribution in [1.29, 1.82) is 0 Å². The first kappa shape index (κ1) is 13.5. The molecule has 0 aliphatic carbocycles. The maximum Gasteiger partial charge on any atom is 0.132 e. The fourth-order valence-electron chi connectivity index (χ4n) is 1.98.